The molecule has 0 saturated carbocycles. The Balaban J connectivity index is 1.78. The predicted octanol–water partition coefficient (Wildman–Crippen LogP) is 3.22. The van der Waals surface area contributed by atoms with Crippen molar-refractivity contribution in [3.05, 3.63) is 41.1 Å². The van der Waals surface area contributed by atoms with Crippen molar-refractivity contribution in [3.8, 4) is 11.3 Å². The summed E-state index contributed by atoms with van der Waals surface area (Å²) in [6, 6.07) is 10.4. The van der Waals surface area contributed by atoms with Crippen LogP contribution in [0.4, 0.5) is 5.82 Å². The van der Waals surface area contributed by atoms with Crippen LogP contribution >= 0.6 is 15.9 Å². The monoisotopic (exact) mass is 358 g/mol. The number of hydrogen-bond acceptors (Lipinski definition) is 4. The summed E-state index contributed by atoms with van der Waals surface area (Å²) in [5.41, 5.74) is 3.06. The third-order valence-corrected chi connectivity index (χ3v) is 4.40. The maximum Gasteiger partial charge on any atom is 0.143 e. The van der Waals surface area contributed by atoms with E-state index in [9.17, 15) is 0 Å². The quantitative estimate of drug-likeness (QED) is 0.763. The highest BCUT2D eigenvalue weighted by molar-refractivity contribution is 9.10. The summed E-state index contributed by atoms with van der Waals surface area (Å²) in [4.78, 5) is 14.5. The summed E-state index contributed by atoms with van der Waals surface area (Å²) < 4.78 is 6.49. The molecule has 22 heavy (non-hydrogen) atoms. The first-order valence-corrected chi connectivity index (χ1v) is 8.03. The van der Waals surface area contributed by atoms with Crippen molar-refractivity contribution in [2.24, 2.45) is 0 Å². The van der Waals surface area contributed by atoms with Crippen LogP contribution in [-0.2, 0) is 4.74 Å². The number of nitrogens with one attached hydrogen (secondary N) is 1. The standard InChI is InChI=1S/C16H15BrN4O/c17-12-3-1-11(2-4-12)14-9-13-15(20-14)18-10-19-16(13)21-5-7-22-8-6-21/h1-4,9-10H,5-8H2,(H,18,19,20). The van der Waals surface area contributed by atoms with Gasteiger partial charge in [-0.2, -0.15) is 0 Å². The molecule has 3 aromatic rings. The van der Waals surface area contributed by atoms with Gasteiger partial charge in [-0.15, -0.1) is 0 Å². The van der Waals surface area contributed by atoms with Gasteiger partial charge in [0.25, 0.3) is 0 Å². The molecule has 112 valence electrons. The van der Waals surface area contributed by atoms with Crippen molar-refractivity contribution in [2.45, 2.75) is 0 Å². The van der Waals surface area contributed by atoms with Gasteiger partial charge >= 0.3 is 0 Å². The topological polar surface area (TPSA) is 54.0 Å². The lowest BCUT2D eigenvalue weighted by Gasteiger charge is -2.27. The van der Waals surface area contributed by atoms with Crippen molar-refractivity contribution in [3.63, 3.8) is 0 Å². The summed E-state index contributed by atoms with van der Waals surface area (Å²) >= 11 is 3.47. The van der Waals surface area contributed by atoms with Gasteiger partial charge in [0, 0.05) is 23.3 Å². The fourth-order valence-electron chi connectivity index (χ4n) is 2.74. The Hall–Kier alpha value is -1.92. The van der Waals surface area contributed by atoms with Gasteiger partial charge in [0.1, 0.15) is 17.8 Å². The van der Waals surface area contributed by atoms with Gasteiger partial charge in [-0.25, -0.2) is 9.97 Å². The molecule has 0 radical (unpaired) electrons. The van der Waals surface area contributed by atoms with Crippen LogP contribution in [0.2, 0.25) is 0 Å². The summed E-state index contributed by atoms with van der Waals surface area (Å²) in [6.07, 6.45) is 1.62. The van der Waals surface area contributed by atoms with E-state index in [1.54, 1.807) is 6.33 Å². The van der Waals surface area contributed by atoms with Gasteiger partial charge in [-0.05, 0) is 23.8 Å². The third-order valence-electron chi connectivity index (χ3n) is 3.87. The number of hydrogen-bond donors (Lipinski definition) is 1. The molecule has 0 aliphatic carbocycles. The van der Waals surface area contributed by atoms with Crippen molar-refractivity contribution in [1.82, 2.24) is 15.0 Å². The predicted molar refractivity (Wildman–Crippen MR) is 90.1 cm³/mol. The van der Waals surface area contributed by atoms with Crippen LogP contribution in [-0.4, -0.2) is 41.3 Å². The minimum Gasteiger partial charge on any atom is -0.378 e. The molecule has 4 rings (SSSR count). The zero-order valence-corrected chi connectivity index (χ0v) is 13.5. The smallest absolute Gasteiger partial charge is 0.143 e. The zero-order valence-electron chi connectivity index (χ0n) is 11.9. The Morgan fingerprint density at radius 1 is 1.09 bits per heavy atom. The number of benzene rings is 1. The lowest BCUT2D eigenvalue weighted by molar-refractivity contribution is 0.122. The van der Waals surface area contributed by atoms with Crippen LogP contribution in [0.1, 0.15) is 0 Å². The summed E-state index contributed by atoms with van der Waals surface area (Å²) in [6.45, 7) is 3.22. The number of halogens is 1. The maximum atomic E-state index is 5.42. The van der Waals surface area contributed by atoms with Gasteiger partial charge in [-0.3, -0.25) is 0 Å². The first kappa shape index (κ1) is 13.7. The van der Waals surface area contributed by atoms with Crippen molar-refractivity contribution in [2.75, 3.05) is 31.2 Å². The lowest BCUT2D eigenvalue weighted by Crippen LogP contribution is -2.36. The molecular weight excluding hydrogens is 344 g/mol. The van der Waals surface area contributed by atoms with Crippen molar-refractivity contribution >= 4 is 32.8 Å². The number of fused-ring (bicyclic) bond motifs is 1. The van der Waals surface area contributed by atoms with E-state index in [4.69, 9.17) is 4.74 Å². The van der Waals surface area contributed by atoms with Gasteiger partial charge in [0.2, 0.25) is 0 Å². The fraction of sp³-hybridized carbons (Fsp3) is 0.250. The van der Waals surface area contributed by atoms with Crippen LogP contribution in [0, 0.1) is 0 Å². The van der Waals surface area contributed by atoms with Gasteiger partial charge in [-0.1, -0.05) is 28.1 Å². The number of ether oxygens (including phenoxy) is 1. The number of nitrogens with zero attached hydrogens (tertiary/aromatic N) is 3. The van der Waals surface area contributed by atoms with Gasteiger partial charge in [0.05, 0.1) is 18.6 Å². The molecule has 0 bridgehead atoms. The Kier molecular flexibility index (Phi) is 3.56. The molecule has 1 fully saturated rings. The molecule has 6 heteroatoms. The average Bonchev–Trinajstić information content (AvgIpc) is 3.00. The average molecular weight is 359 g/mol. The molecule has 3 heterocycles. The molecule has 0 spiro atoms. The van der Waals surface area contributed by atoms with E-state index in [-0.39, 0.29) is 0 Å². The number of rotatable bonds is 2. The zero-order chi connectivity index (χ0) is 14.9. The second kappa shape index (κ2) is 5.70. The SMILES string of the molecule is Brc1ccc(-c2cc3c(N4CCOCC4)ncnc3[nH]2)cc1. The van der Waals surface area contributed by atoms with E-state index >= 15 is 0 Å². The number of anilines is 1. The number of H-pyrrole nitrogens is 1. The van der Waals surface area contributed by atoms with E-state index < -0.39 is 0 Å². The number of aromatic amines is 1. The Morgan fingerprint density at radius 3 is 2.64 bits per heavy atom. The molecule has 1 aliphatic heterocycles. The minimum absolute atomic E-state index is 0.746. The van der Waals surface area contributed by atoms with Gasteiger partial charge < -0.3 is 14.6 Å². The maximum absolute atomic E-state index is 5.42. The molecule has 0 amide bonds. The van der Waals surface area contributed by atoms with Crippen molar-refractivity contribution < 1.29 is 4.74 Å². The molecular formula is C16H15BrN4O. The highest BCUT2D eigenvalue weighted by Crippen LogP contribution is 2.29. The molecule has 0 atom stereocenters. The highest BCUT2D eigenvalue weighted by atomic mass is 79.9. The number of morpholine rings is 1. The molecule has 0 unspecified atom stereocenters. The van der Waals surface area contributed by atoms with E-state index in [1.165, 1.54) is 0 Å². The van der Waals surface area contributed by atoms with Crippen LogP contribution < -0.4 is 4.90 Å². The number of aromatic nitrogens is 3. The van der Waals surface area contributed by atoms with E-state index in [0.717, 1.165) is 58.9 Å². The van der Waals surface area contributed by atoms with E-state index in [0.29, 0.717) is 0 Å². The largest absolute Gasteiger partial charge is 0.378 e. The van der Waals surface area contributed by atoms with Crippen LogP contribution in [0.25, 0.3) is 22.3 Å². The second-order valence-corrected chi connectivity index (χ2v) is 6.16. The fourth-order valence-corrected chi connectivity index (χ4v) is 3.00. The minimum atomic E-state index is 0.746. The molecule has 1 N–H and O–H groups in total. The first-order chi connectivity index (χ1) is 10.8. The Bertz CT molecular complexity index is 794. The molecule has 1 aliphatic rings. The second-order valence-electron chi connectivity index (χ2n) is 5.25. The Labute approximate surface area is 136 Å². The highest BCUT2D eigenvalue weighted by Gasteiger charge is 2.17. The summed E-state index contributed by atoms with van der Waals surface area (Å²) in [5, 5.41) is 1.06. The molecule has 1 aromatic carbocycles. The third kappa shape index (κ3) is 2.48. The van der Waals surface area contributed by atoms with Crippen LogP contribution in [0.5, 0.6) is 0 Å². The van der Waals surface area contributed by atoms with Gasteiger partial charge in [0.15, 0.2) is 0 Å². The van der Waals surface area contributed by atoms with Crippen molar-refractivity contribution in [1.29, 1.82) is 0 Å². The summed E-state index contributed by atoms with van der Waals surface area (Å²) in [7, 11) is 0. The normalized spacial score (nSPS) is 15.4. The summed E-state index contributed by atoms with van der Waals surface area (Å²) in [5.74, 6) is 0.980. The van der Waals surface area contributed by atoms with E-state index in [2.05, 4.69) is 54.0 Å². The molecule has 1 saturated heterocycles. The Morgan fingerprint density at radius 2 is 1.86 bits per heavy atom. The van der Waals surface area contributed by atoms with Crippen LogP contribution in [0.3, 0.4) is 0 Å². The molecule has 5 nitrogen and oxygen atoms in total. The van der Waals surface area contributed by atoms with Crippen LogP contribution in [0.15, 0.2) is 41.1 Å². The van der Waals surface area contributed by atoms with E-state index in [1.807, 2.05) is 12.1 Å². The lowest BCUT2D eigenvalue weighted by atomic mass is 10.1. The first-order valence-electron chi connectivity index (χ1n) is 7.23. The molecule has 2 aromatic heterocycles.